The van der Waals surface area contributed by atoms with Gasteiger partial charge in [-0.15, -0.1) is 0 Å². The lowest BCUT2D eigenvalue weighted by Crippen LogP contribution is -2.45. The third-order valence-corrected chi connectivity index (χ3v) is 3.93. The molecule has 0 spiro atoms. The largest absolute Gasteiger partial charge is 0.344 e. The molecule has 6 heteroatoms. The van der Waals surface area contributed by atoms with Gasteiger partial charge in [0.2, 0.25) is 11.8 Å². The summed E-state index contributed by atoms with van der Waals surface area (Å²) in [5.41, 5.74) is 0.817. The molecule has 2 heterocycles. The van der Waals surface area contributed by atoms with Crippen molar-refractivity contribution in [1.82, 2.24) is 15.2 Å². The fraction of sp³-hybridized carbons (Fsp3) is 0.500. The number of hydrogen-bond acceptors (Lipinski definition) is 3. The third-order valence-electron chi connectivity index (χ3n) is 3.46. The fourth-order valence-electron chi connectivity index (χ4n) is 2.30. The number of nitrogens with one attached hydrogen (secondary N) is 1. The van der Waals surface area contributed by atoms with Crippen molar-refractivity contribution in [3.05, 3.63) is 28.5 Å². The summed E-state index contributed by atoms with van der Waals surface area (Å²) in [6, 6.07) is 3.23. The Hall–Kier alpha value is -1.43. The zero-order valence-corrected chi connectivity index (χ0v) is 13.2. The Morgan fingerprint density at radius 1 is 1.45 bits per heavy atom. The molecule has 2 amide bonds. The lowest BCUT2D eigenvalue weighted by atomic mass is 10.1. The lowest BCUT2D eigenvalue weighted by Gasteiger charge is -2.28. The van der Waals surface area contributed by atoms with Gasteiger partial charge in [-0.1, -0.05) is 6.92 Å². The van der Waals surface area contributed by atoms with Crippen molar-refractivity contribution in [2.45, 2.75) is 45.3 Å². The van der Waals surface area contributed by atoms with Crippen LogP contribution in [0.2, 0.25) is 0 Å². The van der Waals surface area contributed by atoms with Crippen molar-refractivity contribution in [2.75, 3.05) is 0 Å². The predicted molar refractivity (Wildman–Crippen MR) is 78.8 cm³/mol. The summed E-state index contributed by atoms with van der Waals surface area (Å²) in [5, 5.41) is 2.78. The molecule has 1 aromatic heterocycles. The zero-order valence-electron chi connectivity index (χ0n) is 11.6. The molecule has 1 N–H and O–H groups in total. The Bertz CT molecular complexity index is 504. The minimum atomic E-state index is -0.428. The van der Waals surface area contributed by atoms with E-state index >= 15 is 0 Å². The number of carbonyl (C=O) groups excluding carboxylic acids is 2. The van der Waals surface area contributed by atoms with Gasteiger partial charge in [0.25, 0.3) is 0 Å². The molecular formula is C14H18BrN3O2. The number of halogens is 1. The van der Waals surface area contributed by atoms with Crippen molar-refractivity contribution in [2.24, 2.45) is 0 Å². The van der Waals surface area contributed by atoms with Crippen LogP contribution in [-0.2, 0) is 16.1 Å². The third kappa shape index (κ3) is 3.36. The van der Waals surface area contributed by atoms with Crippen LogP contribution in [0, 0.1) is 0 Å². The van der Waals surface area contributed by atoms with Crippen LogP contribution >= 0.6 is 15.9 Å². The van der Waals surface area contributed by atoms with E-state index in [0.29, 0.717) is 19.4 Å². The van der Waals surface area contributed by atoms with Gasteiger partial charge in [0.05, 0.1) is 12.2 Å². The Labute approximate surface area is 126 Å². The summed E-state index contributed by atoms with van der Waals surface area (Å²) in [6.07, 6.45) is 2.64. The van der Waals surface area contributed by atoms with Crippen molar-refractivity contribution in [1.29, 1.82) is 0 Å². The van der Waals surface area contributed by atoms with Gasteiger partial charge in [-0.25, -0.2) is 0 Å². The van der Waals surface area contributed by atoms with Crippen LogP contribution in [0.3, 0.4) is 0 Å². The first kappa shape index (κ1) is 15.0. The Balaban J connectivity index is 2.20. The molecule has 20 heavy (non-hydrogen) atoms. The average molecular weight is 340 g/mol. The van der Waals surface area contributed by atoms with Crippen LogP contribution in [0.4, 0.5) is 0 Å². The van der Waals surface area contributed by atoms with Gasteiger partial charge < -0.3 is 10.2 Å². The highest BCUT2D eigenvalue weighted by atomic mass is 79.9. The maximum atomic E-state index is 12.5. The van der Waals surface area contributed by atoms with Gasteiger partial charge in [0.1, 0.15) is 6.04 Å². The second-order valence-corrected chi connectivity index (χ2v) is 5.93. The standard InChI is InChI=1S/C14H18BrN3O2/c1-3-12-14(20)18(9(2)6-13(19)17-12)8-11-5-4-10(15)7-16-11/h4-5,7,9,12H,3,6,8H2,1-2H3,(H,17,19). The van der Waals surface area contributed by atoms with Gasteiger partial charge in [0, 0.05) is 23.1 Å². The van der Waals surface area contributed by atoms with E-state index < -0.39 is 6.04 Å². The first-order valence-corrected chi connectivity index (χ1v) is 7.50. The number of carbonyl (C=O) groups is 2. The Morgan fingerprint density at radius 3 is 2.80 bits per heavy atom. The fourth-order valence-corrected chi connectivity index (χ4v) is 2.53. The molecule has 1 aliphatic heterocycles. The average Bonchev–Trinajstić information content (AvgIpc) is 2.52. The maximum absolute atomic E-state index is 12.5. The highest BCUT2D eigenvalue weighted by molar-refractivity contribution is 9.10. The second-order valence-electron chi connectivity index (χ2n) is 5.02. The van der Waals surface area contributed by atoms with E-state index in [1.807, 2.05) is 26.0 Å². The zero-order chi connectivity index (χ0) is 14.7. The molecule has 108 valence electrons. The van der Waals surface area contributed by atoms with Crippen LogP contribution in [0.15, 0.2) is 22.8 Å². The molecule has 2 atom stereocenters. The van der Waals surface area contributed by atoms with E-state index in [2.05, 4.69) is 26.2 Å². The molecular weight excluding hydrogens is 322 g/mol. The molecule has 0 bridgehead atoms. The smallest absolute Gasteiger partial charge is 0.245 e. The molecule has 5 nitrogen and oxygen atoms in total. The van der Waals surface area contributed by atoms with E-state index in [9.17, 15) is 9.59 Å². The van der Waals surface area contributed by atoms with E-state index in [1.54, 1.807) is 11.1 Å². The molecule has 0 saturated carbocycles. The predicted octanol–water partition coefficient (Wildman–Crippen LogP) is 1.86. The molecule has 1 fully saturated rings. The minimum absolute atomic E-state index is 0.0319. The molecule has 1 aromatic rings. The van der Waals surface area contributed by atoms with Crippen LogP contribution in [0.5, 0.6) is 0 Å². The highest BCUT2D eigenvalue weighted by Gasteiger charge is 2.32. The van der Waals surface area contributed by atoms with Gasteiger partial charge in [-0.05, 0) is 41.4 Å². The number of rotatable bonds is 3. The number of nitrogens with zero attached hydrogens (tertiary/aromatic N) is 2. The highest BCUT2D eigenvalue weighted by Crippen LogP contribution is 2.17. The number of aromatic nitrogens is 1. The minimum Gasteiger partial charge on any atom is -0.344 e. The maximum Gasteiger partial charge on any atom is 0.245 e. The topological polar surface area (TPSA) is 62.3 Å². The second kappa shape index (κ2) is 6.35. The Kier molecular flexibility index (Phi) is 4.75. The normalized spacial score (nSPS) is 23.4. The van der Waals surface area contributed by atoms with Crippen molar-refractivity contribution < 1.29 is 9.59 Å². The summed E-state index contributed by atoms with van der Waals surface area (Å²) in [7, 11) is 0. The number of amides is 2. The summed E-state index contributed by atoms with van der Waals surface area (Å²) in [4.78, 5) is 30.3. The number of pyridine rings is 1. The van der Waals surface area contributed by atoms with Crippen LogP contribution in [-0.4, -0.2) is 33.8 Å². The van der Waals surface area contributed by atoms with Crippen molar-refractivity contribution in [3.8, 4) is 0 Å². The van der Waals surface area contributed by atoms with Gasteiger partial charge in [-0.3, -0.25) is 14.6 Å². The van der Waals surface area contributed by atoms with Crippen LogP contribution in [0.25, 0.3) is 0 Å². The summed E-state index contributed by atoms with van der Waals surface area (Å²) in [5.74, 6) is -0.0977. The van der Waals surface area contributed by atoms with Crippen molar-refractivity contribution in [3.63, 3.8) is 0 Å². The van der Waals surface area contributed by atoms with Crippen molar-refractivity contribution >= 4 is 27.7 Å². The van der Waals surface area contributed by atoms with E-state index in [1.165, 1.54) is 0 Å². The van der Waals surface area contributed by atoms with Crippen LogP contribution in [0.1, 0.15) is 32.4 Å². The van der Waals surface area contributed by atoms with E-state index in [-0.39, 0.29) is 17.9 Å². The SMILES string of the molecule is CCC1NC(=O)CC(C)N(Cc2ccc(Br)cn2)C1=O. The molecule has 1 saturated heterocycles. The molecule has 0 aromatic carbocycles. The molecule has 1 aliphatic rings. The monoisotopic (exact) mass is 339 g/mol. The van der Waals surface area contributed by atoms with Gasteiger partial charge >= 0.3 is 0 Å². The Morgan fingerprint density at radius 2 is 2.20 bits per heavy atom. The van der Waals surface area contributed by atoms with E-state index in [0.717, 1.165) is 10.2 Å². The molecule has 0 aliphatic carbocycles. The summed E-state index contributed by atoms with van der Waals surface area (Å²) < 4.78 is 0.903. The molecule has 0 radical (unpaired) electrons. The summed E-state index contributed by atoms with van der Waals surface area (Å²) in [6.45, 7) is 4.22. The molecule has 2 unspecified atom stereocenters. The summed E-state index contributed by atoms with van der Waals surface area (Å²) >= 11 is 3.34. The number of hydrogen-bond donors (Lipinski definition) is 1. The quantitative estimate of drug-likeness (QED) is 0.914. The first-order chi connectivity index (χ1) is 9.51. The first-order valence-electron chi connectivity index (χ1n) is 6.71. The van der Waals surface area contributed by atoms with Gasteiger partial charge in [0.15, 0.2) is 0 Å². The molecule has 2 rings (SSSR count). The van der Waals surface area contributed by atoms with E-state index in [4.69, 9.17) is 0 Å². The lowest BCUT2D eigenvalue weighted by molar-refractivity contribution is -0.135. The van der Waals surface area contributed by atoms with Crippen LogP contribution < -0.4 is 5.32 Å². The van der Waals surface area contributed by atoms with Gasteiger partial charge in [-0.2, -0.15) is 0 Å².